The number of fused-ring (bicyclic) bond motifs is 1. The van der Waals surface area contributed by atoms with Crippen molar-refractivity contribution in [3.05, 3.63) is 17.4 Å². The number of carbonyl (C=O) groups is 1. The summed E-state index contributed by atoms with van der Waals surface area (Å²) in [7, 11) is 0. The molecule has 0 N–H and O–H groups in total. The first-order valence-electron chi connectivity index (χ1n) is 10.3. The molecule has 1 amide bonds. The highest BCUT2D eigenvalue weighted by Crippen LogP contribution is 2.41. The monoisotopic (exact) mass is 423 g/mol. The number of ether oxygens (including phenoxy) is 4. The molecular formula is C20H26FN3O6. The molecule has 3 saturated heterocycles. The van der Waals surface area contributed by atoms with E-state index in [9.17, 15) is 4.79 Å². The van der Waals surface area contributed by atoms with Crippen molar-refractivity contribution < 1.29 is 32.7 Å². The van der Waals surface area contributed by atoms with Crippen molar-refractivity contribution >= 4 is 28.6 Å². The zero-order valence-electron chi connectivity index (χ0n) is 17.4. The average Bonchev–Trinajstić information content (AvgIpc) is 3.50. The first-order chi connectivity index (χ1) is 14.6. The van der Waals surface area contributed by atoms with Gasteiger partial charge in [0.05, 0.1) is 43.5 Å². The van der Waals surface area contributed by atoms with Gasteiger partial charge in [-0.2, -0.15) is 0 Å². The minimum Gasteiger partial charge on any atom is -0.447 e. The summed E-state index contributed by atoms with van der Waals surface area (Å²) in [5, 5.41) is 4.33. The number of morpholine rings is 1. The molecule has 4 heterocycles. The van der Waals surface area contributed by atoms with Crippen molar-refractivity contribution in [2.45, 2.75) is 33.2 Å². The van der Waals surface area contributed by atoms with Crippen LogP contribution in [0.4, 0.5) is 20.7 Å². The van der Waals surface area contributed by atoms with E-state index in [1.807, 2.05) is 25.7 Å². The molecule has 1 aromatic heterocycles. The number of halogens is 1. The number of aromatic nitrogens is 1. The first kappa shape index (κ1) is 20.8. The smallest absolute Gasteiger partial charge is 0.415 e. The van der Waals surface area contributed by atoms with Crippen LogP contribution in [0.3, 0.4) is 0 Å². The summed E-state index contributed by atoms with van der Waals surface area (Å²) in [6.45, 7) is 8.93. The van der Waals surface area contributed by atoms with Crippen molar-refractivity contribution in [3.63, 3.8) is 0 Å². The van der Waals surface area contributed by atoms with Gasteiger partial charge in [-0.25, -0.2) is 9.18 Å². The summed E-state index contributed by atoms with van der Waals surface area (Å²) < 4.78 is 42.8. The lowest BCUT2D eigenvalue weighted by molar-refractivity contribution is -0.0440. The lowest BCUT2D eigenvalue weighted by Crippen LogP contribution is -2.42. The second-order valence-electron chi connectivity index (χ2n) is 6.98. The number of amides is 1. The zero-order chi connectivity index (χ0) is 21.3. The van der Waals surface area contributed by atoms with Gasteiger partial charge in [0.15, 0.2) is 17.9 Å². The molecule has 3 aliphatic heterocycles. The number of cyclic esters (lactones) is 1. The number of hydrogen-bond acceptors (Lipinski definition) is 8. The van der Waals surface area contributed by atoms with Crippen LogP contribution < -0.4 is 9.80 Å². The van der Waals surface area contributed by atoms with E-state index < -0.39 is 18.2 Å². The van der Waals surface area contributed by atoms with E-state index in [4.69, 9.17) is 23.5 Å². The summed E-state index contributed by atoms with van der Waals surface area (Å²) in [6.07, 6.45) is -1.26. The minimum atomic E-state index is -0.694. The van der Waals surface area contributed by atoms with Crippen molar-refractivity contribution in [1.29, 1.82) is 0 Å². The van der Waals surface area contributed by atoms with Gasteiger partial charge in [0.1, 0.15) is 6.61 Å². The van der Waals surface area contributed by atoms with Crippen LogP contribution in [0.15, 0.2) is 10.6 Å². The highest BCUT2D eigenvalue weighted by Gasteiger charge is 2.35. The van der Waals surface area contributed by atoms with Gasteiger partial charge >= 0.3 is 6.09 Å². The molecule has 2 aromatic rings. The van der Waals surface area contributed by atoms with Gasteiger partial charge in [-0.05, 0) is 13.0 Å². The Morgan fingerprint density at radius 2 is 1.87 bits per heavy atom. The normalized spacial score (nSPS) is 22.4. The lowest BCUT2D eigenvalue weighted by atomic mass is 10.1. The van der Waals surface area contributed by atoms with Crippen molar-refractivity contribution in [1.82, 2.24) is 5.16 Å². The summed E-state index contributed by atoms with van der Waals surface area (Å²) >= 11 is 0. The Hall–Kier alpha value is -2.43. The molecule has 3 aliphatic rings. The van der Waals surface area contributed by atoms with Gasteiger partial charge in [-0.1, -0.05) is 19.0 Å². The number of hydrogen-bond donors (Lipinski definition) is 0. The molecule has 10 heteroatoms. The van der Waals surface area contributed by atoms with Crippen LogP contribution >= 0.6 is 0 Å². The molecule has 0 bridgehead atoms. The fraction of sp³-hybridized carbons (Fsp3) is 0.600. The van der Waals surface area contributed by atoms with Crippen LogP contribution in [0.5, 0.6) is 0 Å². The molecule has 0 unspecified atom stereocenters. The second kappa shape index (κ2) is 8.75. The minimum absolute atomic E-state index is 0.00871. The maximum absolute atomic E-state index is 15.6. The van der Waals surface area contributed by atoms with Gasteiger partial charge in [0, 0.05) is 18.7 Å². The van der Waals surface area contributed by atoms with Gasteiger partial charge in [-0.15, -0.1) is 0 Å². The summed E-state index contributed by atoms with van der Waals surface area (Å²) in [6, 6.07) is 1.74. The number of anilines is 2. The Kier molecular flexibility index (Phi) is 6.07. The maximum Gasteiger partial charge on any atom is 0.415 e. The van der Waals surface area contributed by atoms with E-state index in [2.05, 4.69) is 5.16 Å². The van der Waals surface area contributed by atoms with E-state index in [1.54, 1.807) is 6.07 Å². The highest BCUT2D eigenvalue weighted by atomic mass is 19.1. The largest absolute Gasteiger partial charge is 0.447 e. The maximum atomic E-state index is 15.6. The van der Waals surface area contributed by atoms with Crippen LogP contribution in [-0.2, 0) is 18.9 Å². The quantitative estimate of drug-likeness (QED) is 0.744. The number of carbonyl (C=O) groups excluding carboxylic acids is 1. The van der Waals surface area contributed by atoms with Crippen LogP contribution in [0.1, 0.15) is 32.6 Å². The Labute approximate surface area is 173 Å². The third-order valence-electron chi connectivity index (χ3n) is 5.14. The van der Waals surface area contributed by atoms with Gasteiger partial charge in [0.2, 0.25) is 5.58 Å². The van der Waals surface area contributed by atoms with Gasteiger partial charge in [-0.3, -0.25) is 4.90 Å². The predicted octanol–water partition coefficient (Wildman–Crippen LogP) is 3.22. The SMILES string of the molecule is CC.C[C@H]1CN(c2c(C3OCCO3)cc3c(N4CCOC4=O)noc3c2F)CCO1. The van der Waals surface area contributed by atoms with E-state index in [0.717, 1.165) is 0 Å². The topological polar surface area (TPSA) is 86.5 Å². The molecular weight excluding hydrogens is 397 g/mol. The van der Waals surface area contributed by atoms with Crippen molar-refractivity contribution in [2.75, 3.05) is 55.9 Å². The molecule has 0 spiro atoms. The Morgan fingerprint density at radius 3 is 2.53 bits per heavy atom. The third-order valence-corrected chi connectivity index (χ3v) is 5.14. The van der Waals surface area contributed by atoms with E-state index >= 15 is 4.39 Å². The van der Waals surface area contributed by atoms with Gasteiger partial charge < -0.3 is 28.4 Å². The van der Waals surface area contributed by atoms with Gasteiger partial charge in [0.25, 0.3) is 0 Å². The lowest BCUT2D eigenvalue weighted by Gasteiger charge is -2.34. The van der Waals surface area contributed by atoms with Crippen LogP contribution in [-0.4, -0.2) is 63.4 Å². The molecule has 164 valence electrons. The fourth-order valence-electron chi connectivity index (χ4n) is 3.88. The van der Waals surface area contributed by atoms with Crippen molar-refractivity contribution in [3.8, 4) is 0 Å². The first-order valence-corrected chi connectivity index (χ1v) is 10.3. The predicted molar refractivity (Wildman–Crippen MR) is 106 cm³/mol. The van der Waals surface area contributed by atoms with Crippen LogP contribution in [0, 0.1) is 5.82 Å². The highest BCUT2D eigenvalue weighted by molar-refractivity contribution is 6.00. The van der Waals surface area contributed by atoms with Crippen LogP contribution in [0.25, 0.3) is 11.0 Å². The Bertz CT molecular complexity index is 914. The molecule has 5 rings (SSSR count). The molecule has 1 atom stereocenters. The molecule has 0 aliphatic carbocycles. The number of benzene rings is 1. The zero-order valence-corrected chi connectivity index (χ0v) is 17.4. The molecule has 30 heavy (non-hydrogen) atoms. The Morgan fingerprint density at radius 1 is 1.10 bits per heavy atom. The molecule has 1 aromatic carbocycles. The molecule has 0 radical (unpaired) electrons. The summed E-state index contributed by atoms with van der Waals surface area (Å²) in [5.41, 5.74) is 0.903. The molecule has 0 saturated carbocycles. The standard InChI is InChI=1S/C18H20FN3O6.C2H6/c1-10-9-21(2-4-24-10)14-11(17-25-6-7-26-17)8-12-15(13(14)19)28-20-16(12)22-3-5-27-18(22)23;1-2/h8,10,17H,2-7,9H2,1H3;1-2H3/t10-;/m0./s1. The second-order valence-corrected chi connectivity index (χ2v) is 6.98. The average molecular weight is 423 g/mol. The summed E-state index contributed by atoms with van der Waals surface area (Å²) in [4.78, 5) is 15.2. The van der Waals surface area contributed by atoms with Crippen molar-refractivity contribution in [2.24, 2.45) is 0 Å². The third kappa shape index (κ3) is 3.59. The summed E-state index contributed by atoms with van der Waals surface area (Å²) in [5.74, 6) is -0.315. The molecule has 9 nitrogen and oxygen atoms in total. The number of nitrogens with zero attached hydrogens (tertiary/aromatic N) is 3. The fourth-order valence-corrected chi connectivity index (χ4v) is 3.88. The van der Waals surface area contributed by atoms with E-state index in [1.165, 1.54) is 4.90 Å². The van der Waals surface area contributed by atoms with E-state index in [-0.39, 0.29) is 24.1 Å². The number of rotatable bonds is 3. The van der Waals surface area contributed by atoms with Crippen LogP contribution in [0.2, 0.25) is 0 Å². The van der Waals surface area contributed by atoms with E-state index in [0.29, 0.717) is 56.1 Å². The molecule has 3 fully saturated rings. The Balaban J connectivity index is 0.00000106.